The van der Waals surface area contributed by atoms with Gasteiger partial charge in [0.1, 0.15) is 5.75 Å². The lowest BCUT2D eigenvalue weighted by atomic mass is 9.99. The first-order valence-electron chi connectivity index (χ1n) is 9.56. The number of rotatable bonds is 3. The number of halogens is 1. The second kappa shape index (κ2) is 7.65. The Morgan fingerprint density at radius 1 is 0.767 bits per heavy atom. The van der Waals surface area contributed by atoms with E-state index < -0.39 is 0 Å². The van der Waals surface area contributed by atoms with Gasteiger partial charge in [0.05, 0.1) is 17.1 Å². The molecule has 0 atom stereocenters. The predicted molar refractivity (Wildman–Crippen MR) is 120 cm³/mol. The van der Waals surface area contributed by atoms with E-state index in [1.165, 1.54) is 0 Å². The minimum atomic E-state index is -0.160. The maximum absolute atomic E-state index is 11.7. The van der Waals surface area contributed by atoms with Crippen LogP contribution in [0.2, 0.25) is 5.02 Å². The van der Waals surface area contributed by atoms with Crippen LogP contribution in [0, 0.1) is 0 Å². The van der Waals surface area contributed by atoms with Gasteiger partial charge in [-0.3, -0.25) is 4.79 Å². The number of carbonyl (C=O) groups is 1. The van der Waals surface area contributed by atoms with Crippen LogP contribution in [-0.2, 0) is 4.79 Å². The highest BCUT2D eigenvalue weighted by Gasteiger charge is 2.17. The second-order valence-corrected chi connectivity index (χ2v) is 7.48. The number of pyridine rings is 1. The fourth-order valence-electron chi connectivity index (χ4n) is 3.49. The number of nitrogens with one attached hydrogen (secondary N) is 1. The fraction of sp³-hybridized carbons (Fsp3) is 0.0400. The maximum atomic E-state index is 11.7. The molecule has 30 heavy (non-hydrogen) atoms. The first kappa shape index (κ1) is 18.4. The number of ether oxygens (including phenoxy) is 1. The Labute approximate surface area is 179 Å². The van der Waals surface area contributed by atoms with Crippen molar-refractivity contribution in [2.75, 3.05) is 11.9 Å². The first-order valence-corrected chi connectivity index (χ1v) is 9.94. The first-order chi connectivity index (χ1) is 14.7. The van der Waals surface area contributed by atoms with Crippen LogP contribution < -0.4 is 10.1 Å². The number of amides is 1. The molecular weight excluding hydrogens is 396 g/mol. The van der Waals surface area contributed by atoms with E-state index in [9.17, 15) is 4.79 Å². The number of hydrogen-bond acceptors (Lipinski definition) is 3. The Kier molecular flexibility index (Phi) is 4.69. The van der Waals surface area contributed by atoms with Gasteiger partial charge in [0.2, 0.25) is 0 Å². The lowest BCUT2D eigenvalue weighted by Gasteiger charge is -2.18. The molecule has 146 valence electrons. The third-order valence-corrected chi connectivity index (χ3v) is 5.23. The standard InChI is InChI=1S/C25H17ClN2O2/c26-20-9-6-17(7-10-20)21-13-19(16-4-2-1-3-5-16)14-22(27-21)18-8-11-24-23(12-18)28-25(29)15-30-24/h1-14H,15H2,(H,28,29). The van der Waals surface area contributed by atoms with E-state index in [4.69, 9.17) is 21.3 Å². The summed E-state index contributed by atoms with van der Waals surface area (Å²) in [6.45, 7) is 0.0365. The molecule has 1 aliphatic heterocycles. The zero-order valence-corrected chi connectivity index (χ0v) is 16.7. The molecule has 3 aromatic carbocycles. The Bertz CT molecular complexity index is 1240. The molecule has 1 N–H and O–H groups in total. The Balaban J connectivity index is 1.66. The summed E-state index contributed by atoms with van der Waals surface area (Å²) in [7, 11) is 0. The van der Waals surface area contributed by atoms with Gasteiger partial charge in [-0.2, -0.15) is 0 Å². The summed E-state index contributed by atoms with van der Waals surface area (Å²) in [5.74, 6) is 0.503. The van der Waals surface area contributed by atoms with E-state index in [1.807, 2.05) is 60.7 Å². The van der Waals surface area contributed by atoms with E-state index in [0.29, 0.717) is 16.5 Å². The van der Waals surface area contributed by atoms with Crippen LogP contribution in [0.1, 0.15) is 0 Å². The van der Waals surface area contributed by atoms with Crippen molar-refractivity contribution in [1.82, 2.24) is 4.98 Å². The number of carbonyl (C=O) groups excluding carboxylic acids is 1. The minimum Gasteiger partial charge on any atom is -0.482 e. The number of nitrogens with zero attached hydrogens (tertiary/aromatic N) is 1. The molecule has 1 aromatic heterocycles. The molecule has 0 bridgehead atoms. The normalized spacial score (nSPS) is 12.6. The van der Waals surface area contributed by atoms with Gasteiger partial charge in [0.15, 0.2) is 6.61 Å². The molecule has 0 unspecified atom stereocenters. The molecule has 0 spiro atoms. The van der Waals surface area contributed by atoms with Gasteiger partial charge in [-0.25, -0.2) is 4.98 Å². The Morgan fingerprint density at radius 3 is 2.23 bits per heavy atom. The van der Waals surface area contributed by atoms with Crippen LogP contribution in [-0.4, -0.2) is 17.5 Å². The van der Waals surface area contributed by atoms with Crippen LogP contribution in [0.4, 0.5) is 5.69 Å². The number of benzene rings is 3. The molecule has 0 saturated heterocycles. The highest BCUT2D eigenvalue weighted by atomic mass is 35.5. The molecule has 4 nitrogen and oxygen atoms in total. The van der Waals surface area contributed by atoms with Crippen molar-refractivity contribution < 1.29 is 9.53 Å². The van der Waals surface area contributed by atoms with Crippen LogP contribution in [0.25, 0.3) is 33.6 Å². The van der Waals surface area contributed by atoms with Crippen molar-refractivity contribution >= 4 is 23.2 Å². The third-order valence-electron chi connectivity index (χ3n) is 4.98. The van der Waals surface area contributed by atoms with Crippen molar-refractivity contribution in [1.29, 1.82) is 0 Å². The largest absolute Gasteiger partial charge is 0.482 e. The van der Waals surface area contributed by atoms with Gasteiger partial charge in [0, 0.05) is 16.1 Å². The van der Waals surface area contributed by atoms with Crippen molar-refractivity contribution in [3.8, 4) is 39.4 Å². The summed E-state index contributed by atoms with van der Waals surface area (Å²) in [6.07, 6.45) is 0. The van der Waals surface area contributed by atoms with Crippen molar-refractivity contribution in [2.45, 2.75) is 0 Å². The monoisotopic (exact) mass is 412 g/mol. The zero-order chi connectivity index (χ0) is 20.5. The molecule has 5 heteroatoms. The van der Waals surface area contributed by atoms with E-state index in [2.05, 4.69) is 29.6 Å². The molecule has 5 rings (SSSR count). The molecule has 0 aliphatic carbocycles. The topological polar surface area (TPSA) is 51.2 Å². The zero-order valence-electron chi connectivity index (χ0n) is 15.9. The Morgan fingerprint density at radius 2 is 1.47 bits per heavy atom. The van der Waals surface area contributed by atoms with Gasteiger partial charge in [-0.1, -0.05) is 54.1 Å². The number of anilines is 1. The molecular formula is C25H17ClN2O2. The van der Waals surface area contributed by atoms with Gasteiger partial charge in [-0.15, -0.1) is 0 Å². The smallest absolute Gasteiger partial charge is 0.262 e. The van der Waals surface area contributed by atoms with E-state index in [1.54, 1.807) is 0 Å². The summed E-state index contributed by atoms with van der Waals surface area (Å²) < 4.78 is 5.48. The molecule has 1 aliphatic rings. The average molecular weight is 413 g/mol. The molecule has 4 aromatic rings. The lowest BCUT2D eigenvalue weighted by Crippen LogP contribution is -2.25. The fourth-order valence-corrected chi connectivity index (χ4v) is 3.61. The van der Waals surface area contributed by atoms with Crippen LogP contribution in [0.15, 0.2) is 84.9 Å². The quantitative estimate of drug-likeness (QED) is 0.444. The molecule has 0 radical (unpaired) electrons. The highest BCUT2D eigenvalue weighted by molar-refractivity contribution is 6.30. The van der Waals surface area contributed by atoms with Crippen molar-refractivity contribution in [3.63, 3.8) is 0 Å². The summed E-state index contributed by atoms with van der Waals surface area (Å²) >= 11 is 6.07. The second-order valence-electron chi connectivity index (χ2n) is 7.05. The average Bonchev–Trinajstić information content (AvgIpc) is 2.79. The molecule has 2 heterocycles. The maximum Gasteiger partial charge on any atom is 0.262 e. The molecule has 0 fully saturated rings. The van der Waals surface area contributed by atoms with Crippen LogP contribution >= 0.6 is 11.6 Å². The number of hydrogen-bond donors (Lipinski definition) is 1. The SMILES string of the molecule is O=C1COc2ccc(-c3cc(-c4ccccc4)cc(-c4ccc(Cl)cc4)n3)cc2N1. The predicted octanol–water partition coefficient (Wildman–Crippen LogP) is 6.07. The third kappa shape index (κ3) is 3.65. The highest BCUT2D eigenvalue weighted by Crippen LogP contribution is 2.35. The molecule has 0 saturated carbocycles. The lowest BCUT2D eigenvalue weighted by molar-refractivity contribution is -0.118. The van der Waals surface area contributed by atoms with Gasteiger partial charge >= 0.3 is 0 Å². The van der Waals surface area contributed by atoms with Gasteiger partial charge in [0.25, 0.3) is 5.91 Å². The van der Waals surface area contributed by atoms with Crippen molar-refractivity contribution in [2.24, 2.45) is 0 Å². The van der Waals surface area contributed by atoms with Crippen LogP contribution in [0.5, 0.6) is 5.75 Å². The summed E-state index contributed by atoms with van der Waals surface area (Å²) in [5, 5.41) is 3.55. The van der Waals surface area contributed by atoms with E-state index in [-0.39, 0.29) is 12.5 Å². The summed E-state index contributed by atoms with van der Waals surface area (Å²) in [4.78, 5) is 16.6. The summed E-state index contributed by atoms with van der Waals surface area (Å²) in [6, 6.07) is 27.7. The van der Waals surface area contributed by atoms with Gasteiger partial charge < -0.3 is 10.1 Å². The number of fused-ring (bicyclic) bond motifs is 1. The van der Waals surface area contributed by atoms with E-state index in [0.717, 1.165) is 33.6 Å². The minimum absolute atomic E-state index is 0.0365. The van der Waals surface area contributed by atoms with Gasteiger partial charge in [-0.05, 0) is 53.6 Å². The molecule has 1 amide bonds. The van der Waals surface area contributed by atoms with Crippen molar-refractivity contribution in [3.05, 3.63) is 90.0 Å². The number of aromatic nitrogens is 1. The summed E-state index contributed by atoms with van der Waals surface area (Å²) in [5.41, 5.74) is 6.35. The van der Waals surface area contributed by atoms with Crippen LogP contribution in [0.3, 0.4) is 0 Å². The van der Waals surface area contributed by atoms with E-state index >= 15 is 0 Å². The Hall–Kier alpha value is -3.63.